The lowest BCUT2D eigenvalue weighted by Gasteiger charge is -2.20. The Morgan fingerprint density at radius 3 is 2.35 bits per heavy atom. The molecule has 0 radical (unpaired) electrons. The summed E-state index contributed by atoms with van der Waals surface area (Å²) in [4.78, 5) is 10.9. The molecular weight excluding hydrogens is 378 g/mol. The summed E-state index contributed by atoms with van der Waals surface area (Å²) in [6.45, 7) is 5.12. The summed E-state index contributed by atoms with van der Waals surface area (Å²) in [6, 6.07) is 5.62. The van der Waals surface area contributed by atoms with Crippen LogP contribution >= 0.6 is 11.6 Å². The minimum atomic E-state index is -3.78. The van der Waals surface area contributed by atoms with Crippen LogP contribution in [0.4, 0.5) is 0 Å². The molecule has 1 aliphatic heterocycles. The molecule has 1 aromatic carbocycles. The molecule has 2 heterocycles. The summed E-state index contributed by atoms with van der Waals surface area (Å²) in [5, 5.41) is 18.9. The molecule has 0 aliphatic carbocycles. The smallest absolute Gasteiger partial charge is 0.249 e. The molecule has 9 heteroatoms. The van der Waals surface area contributed by atoms with E-state index in [4.69, 9.17) is 11.6 Å². The third kappa shape index (κ3) is 3.03. The van der Waals surface area contributed by atoms with Crippen molar-refractivity contribution in [2.24, 2.45) is 0 Å². The first kappa shape index (κ1) is 18.6. The van der Waals surface area contributed by atoms with Crippen molar-refractivity contribution in [3.05, 3.63) is 72.4 Å². The van der Waals surface area contributed by atoms with Gasteiger partial charge < -0.3 is 0 Å². The molecular formula is C17H18ClN3O4S. The number of allylic oxidation sites excluding steroid dienone is 1. The van der Waals surface area contributed by atoms with Crippen molar-refractivity contribution in [3.63, 3.8) is 0 Å². The molecule has 138 valence electrons. The van der Waals surface area contributed by atoms with Gasteiger partial charge in [-0.1, -0.05) is 23.7 Å². The monoisotopic (exact) mass is 395 g/mol. The summed E-state index contributed by atoms with van der Waals surface area (Å²) in [5.41, 5.74) is 3.07. The van der Waals surface area contributed by atoms with Crippen molar-refractivity contribution in [2.75, 3.05) is 5.75 Å². The van der Waals surface area contributed by atoms with Gasteiger partial charge in [0.25, 0.3) is 0 Å². The third-order valence-electron chi connectivity index (χ3n) is 4.79. The summed E-state index contributed by atoms with van der Waals surface area (Å²) in [6.07, 6.45) is 0. The first-order valence-electron chi connectivity index (χ1n) is 7.97. The number of H-pyrrole nitrogens is 1. The molecule has 0 spiro atoms. The van der Waals surface area contributed by atoms with Crippen molar-refractivity contribution < 1.29 is 13.3 Å². The lowest BCUT2D eigenvalue weighted by atomic mass is 9.87. The second-order valence-electron chi connectivity index (χ2n) is 6.46. The zero-order valence-corrected chi connectivity index (χ0v) is 16.1. The number of aromatic nitrogens is 2. The van der Waals surface area contributed by atoms with Crippen LogP contribution in [0.15, 0.2) is 34.7 Å². The van der Waals surface area contributed by atoms with E-state index in [0.717, 1.165) is 5.69 Å². The Labute approximate surface area is 156 Å². The summed E-state index contributed by atoms with van der Waals surface area (Å²) >= 11 is 5.97. The zero-order valence-electron chi connectivity index (χ0n) is 14.5. The number of nitro groups is 1. The Hall–Kier alpha value is -2.19. The lowest BCUT2D eigenvalue weighted by molar-refractivity contribution is -0.505. The predicted molar refractivity (Wildman–Crippen MR) is 98.6 cm³/mol. The van der Waals surface area contributed by atoms with Gasteiger partial charge in [0.15, 0.2) is 9.84 Å². The Kier molecular flexibility index (Phi) is 4.66. The summed E-state index contributed by atoms with van der Waals surface area (Å²) in [7, 11) is -3.78. The molecule has 7 nitrogen and oxygen atoms in total. The highest BCUT2D eigenvalue weighted by Crippen LogP contribution is 2.43. The molecule has 2 unspecified atom stereocenters. The fourth-order valence-corrected chi connectivity index (χ4v) is 5.88. The average Bonchev–Trinajstić information content (AvgIpc) is 3.01. The van der Waals surface area contributed by atoms with Crippen molar-refractivity contribution in [1.82, 2.24) is 10.2 Å². The van der Waals surface area contributed by atoms with Crippen molar-refractivity contribution in [3.8, 4) is 0 Å². The number of halogens is 1. The molecule has 2 atom stereocenters. The third-order valence-corrected chi connectivity index (χ3v) is 7.03. The van der Waals surface area contributed by atoms with Gasteiger partial charge in [-0.3, -0.25) is 15.2 Å². The van der Waals surface area contributed by atoms with Crippen LogP contribution in [0, 0.1) is 24.0 Å². The Morgan fingerprint density at radius 1 is 1.27 bits per heavy atom. The maximum atomic E-state index is 12.9. The molecule has 0 amide bonds. The van der Waals surface area contributed by atoms with Crippen LogP contribution in [0.1, 0.15) is 35.4 Å². The van der Waals surface area contributed by atoms with Gasteiger partial charge in [0.05, 0.1) is 10.6 Å². The molecule has 0 saturated heterocycles. The molecule has 26 heavy (non-hydrogen) atoms. The average molecular weight is 396 g/mol. The number of nitrogens with zero attached hydrogens (tertiary/aromatic N) is 2. The van der Waals surface area contributed by atoms with Crippen LogP contribution in [0.2, 0.25) is 5.02 Å². The maximum Gasteiger partial charge on any atom is 0.249 e. The van der Waals surface area contributed by atoms with Gasteiger partial charge in [-0.05, 0) is 38.5 Å². The molecule has 0 saturated carbocycles. The van der Waals surface area contributed by atoms with Crippen LogP contribution in [0.25, 0.3) is 0 Å². The van der Waals surface area contributed by atoms with Gasteiger partial charge in [0, 0.05) is 32.7 Å². The van der Waals surface area contributed by atoms with Crippen LogP contribution < -0.4 is 0 Å². The van der Waals surface area contributed by atoms with Gasteiger partial charge in [0.2, 0.25) is 6.04 Å². The standard InChI is InChI=1S/C17H18ClN3O4S/c1-9-14(21(22)23)8-26(24,25)17(9)16(12-4-6-13(18)7-5-12)15-10(2)19-20-11(15)3/h4-7,14,16H,8H2,1-3H3,(H,19,20). The van der Waals surface area contributed by atoms with Crippen LogP contribution in [-0.2, 0) is 9.84 Å². The van der Waals surface area contributed by atoms with E-state index >= 15 is 0 Å². The van der Waals surface area contributed by atoms with Crippen LogP contribution in [0.3, 0.4) is 0 Å². The number of benzene rings is 1. The van der Waals surface area contributed by atoms with E-state index in [1.54, 1.807) is 38.1 Å². The Morgan fingerprint density at radius 2 is 1.88 bits per heavy atom. The minimum absolute atomic E-state index is 0.0918. The SMILES string of the molecule is CC1=C(C(c2ccc(Cl)cc2)c2c(C)n[nH]c2C)S(=O)(=O)CC1[N+](=O)[O-]. The topological polar surface area (TPSA) is 106 Å². The second-order valence-corrected chi connectivity index (χ2v) is 8.90. The molecule has 1 aromatic heterocycles. The van der Waals surface area contributed by atoms with Crippen LogP contribution in [0.5, 0.6) is 0 Å². The van der Waals surface area contributed by atoms with E-state index in [-0.39, 0.29) is 10.5 Å². The first-order valence-corrected chi connectivity index (χ1v) is 10.0. The fourth-order valence-electron chi connectivity index (χ4n) is 3.55. The largest absolute Gasteiger partial charge is 0.282 e. The van der Waals surface area contributed by atoms with Crippen molar-refractivity contribution >= 4 is 21.4 Å². The normalized spacial score (nSPS) is 20.4. The summed E-state index contributed by atoms with van der Waals surface area (Å²) in [5.74, 6) is -1.18. The second kappa shape index (κ2) is 6.51. The molecule has 2 aromatic rings. The van der Waals surface area contributed by atoms with Crippen molar-refractivity contribution in [1.29, 1.82) is 0 Å². The van der Waals surface area contributed by atoms with Crippen LogP contribution in [-0.4, -0.2) is 35.3 Å². The number of hydrogen-bond acceptors (Lipinski definition) is 5. The van der Waals surface area contributed by atoms with Crippen molar-refractivity contribution in [2.45, 2.75) is 32.7 Å². The molecule has 1 aliphatic rings. The Balaban J connectivity index is 2.31. The number of sulfone groups is 1. The number of aromatic amines is 1. The maximum absolute atomic E-state index is 12.9. The molecule has 0 fully saturated rings. The van der Waals surface area contributed by atoms with Gasteiger partial charge >= 0.3 is 0 Å². The van der Waals surface area contributed by atoms with E-state index in [1.807, 2.05) is 0 Å². The van der Waals surface area contributed by atoms with E-state index < -0.39 is 32.5 Å². The number of nitrogens with one attached hydrogen (secondary N) is 1. The number of rotatable bonds is 4. The van der Waals surface area contributed by atoms with E-state index in [0.29, 0.717) is 21.8 Å². The predicted octanol–water partition coefficient (Wildman–Crippen LogP) is 3.16. The zero-order chi connectivity index (χ0) is 19.2. The first-order chi connectivity index (χ1) is 12.1. The molecule has 3 rings (SSSR count). The van der Waals surface area contributed by atoms with E-state index in [2.05, 4.69) is 10.2 Å². The Bertz CT molecular complexity index is 990. The fraction of sp³-hybridized carbons (Fsp3) is 0.353. The highest BCUT2D eigenvalue weighted by Gasteiger charge is 2.46. The van der Waals surface area contributed by atoms with Gasteiger partial charge in [0.1, 0.15) is 5.75 Å². The highest BCUT2D eigenvalue weighted by molar-refractivity contribution is 7.95. The lowest BCUT2D eigenvalue weighted by Crippen LogP contribution is -2.23. The van der Waals surface area contributed by atoms with E-state index in [9.17, 15) is 18.5 Å². The van der Waals surface area contributed by atoms with Gasteiger partial charge in [-0.2, -0.15) is 5.10 Å². The van der Waals surface area contributed by atoms with Gasteiger partial charge in [-0.25, -0.2) is 8.42 Å². The highest BCUT2D eigenvalue weighted by atomic mass is 35.5. The van der Waals surface area contributed by atoms with E-state index in [1.165, 1.54) is 6.92 Å². The number of hydrogen-bond donors (Lipinski definition) is 1. The minimum Gasteiger partial charge on any atom is -0.282 e. The molecule has 0 bridgehead atoms. The number of aryl methyl sites for hydroxylation is 2. The summed E-state index contributed by atoms with van der Waals surface area (Å²) < 4.78 is 25.7. The quantitative estimate of drug-likeness (QED) is 0.632. The molecule has 1 N–H and O–H groups in total. The van der Waals surface area contributed by atoms with Gasteiger partial charge in [-0.15, -0.1) is 0 Å².